The van der Waals surface area contributed by atoms with Gasteiger partial charge in [-0.3, -0.25) is 10.3 Å². The Kier molecular flexibility index (Phi) is 6.16. The molecule has 1 fully saturated rings. The summed E-state index contributed by atoms with van der Waals surface area (Å²) in [5, 5.41) is 10.2. The summed E-state index contributed by atoms with van der Waals surface area (Å²) >= 11 is 0. The van der Waals surface area contributed by atoms with Gasteiger partial charge in [0, 0.05) is 6.07 Å². The third-order valence-electron chi connectivity index (χ3n) is 5.31. The second kappa shape index (κ2) is 7.75. The highest BCUT2D eigenvalue weighted by Gasteiger charge is 2.37. The fourth-order valence-corrected chi connectivity index (χ4v) is 2.54. The molecule has 0 bridgehead atoms. The van der Waals surface area contributed by atoms with Gasteiger partial charge in [-0.1, -0.05) is 32.3 Å². The molecule has 0 aliphatic heterocycles. The molecule has 1 aromatic carbocycles. The van der Waals surface area contributed by atoms with Gasteiger partial charge in [0.2, 0.25) is 0 Å². The van der Waals surface area contributed by atoms with Gasteiger partial charge in [0.1, 0.15) is 11.4 Å². The van der Waals surface area contributed by atoms with Gasteiger partial charge >= 0.3 is 0 Å². The molecular formula is C20H33NO3. The number of aliphatic hydroxyl groups is 1. The normalized spacial score (nSPS) is 17.2. The van der Waals surface area contributed by atoms with E-state index in [1.54, 1.807) is 13.8 Å². The average molecular weight is 335 g/mol. The first-order valence-corrected chi connectivity index (χ1v) is 9.14. The molecule has 0 heterocycles. The van der Waals surface area contributed by atoms with E-state index < -0.39 is 11.2 Å². The van der Waals surface area contributed by atoms with Crippen LogP contribution in [0.1, 0.15) is 66.7 Å². The second-order valence-electron chi connectivity index (χ2n) is 7.98. The Balaban J connectivity index is 1.92. The fourth-order valence-electron chi connectivity index (χ4n) is 2.54. The third-order valence-corrected chi connectivity index (χ3v) is 5.31. The van der Waals surface area contributed by atoms with Gasteiger partial charge in [0.25, 0.3) is 0 Å². The van der Waals surface area contributed by atoms with Crippen LogP contribution in [0.3, 0.4) is 0 Å². The first-order chi connectivity index (χ1) is 11.2. The van der Waals surface area contributed by atoms with E-state index in [0.29, 0.717) is 0 Å². The molecule has 0 spiro atoms. The molecule has 1 atom stereocenters. The third kappa shape index (κ3) is 5.12. The van der Waals surface area contributed by atoms with Gasteiger partial charge in [-0.25, -0.2) is 0 Å². The van der Waals surface area contributed by atoms with Crippen molar-refractivity contribution in [2.45, 2.75) is 84.0 Å². The molecule has 1 saturated carbocycles. The minimum atomic E-state index is -0.954. The quantitative estimate of drug-likeness (QED) is 0.628. The zero-order chi connectivity index (χ0) is 17.8. The average Bonchev–Trinajstić information content (AvgIpc) is 2.47. The molecule has 0 aromatic heterocycles. The molecule has 2 N–H and O–H groups in total. The maximum atomic E-state index is 10.2. The van der Waals surface area contributed by atoms with E-state index in [1.807, 2.05) is 38.1 Å². The summed E-state index contributed by atoms with van der Waals surface area (Å²) in [4.78, 5) is 5.70. The van der Waals surface area contributed by atoms with Crippen molar-refractivity contribution in [2.24, 2.45) is 5.92 Å². The van der Waals surface area contributed by atoms with Crippen LogP contribution >= 0.6 is 0 Å². The number of nitrogens with one attached hydrogen (secondary N) is 1. The Morgan fingerprint density at radius 1 is 1.25 bits per heavy atom. The maximum absolute atomic E-state index is 10.2. The number of rotatable bonds is 9. The maximum Gasteiger partial charge on any atom is 0.121 e. The van der Waals surface area contributed by atoms with Crippen molar-refractivity contribution in [1.82, 2.24) is 0 Å². The minimum absolute atomic E-state index is 0.277. The summed E-state index contributed by atoms with van der Waals surface area (Å²) in [7, 11) is 0. The SMILES string of the molecule is CCC(CC1CCC1)Oc1cccc(NOC(C)(C)C(C)(C)O)c1. The van der Waals surface area contributed by atoms with Crippen LogP contribution < -0.4 is 10.2 Å². The molecule has 4 heteroatoms. The monoisotopic (exact) mass is 335 g/mol. The van der Waals surface area contributed by atoms with Crippen molar-refractivity contribution in [3.8, 4) is 5.75 Å². The molecule has 1 unspecified atom stereocenters. The lowest BCUT2D eigenvalue weighted by Crippen LogP contribution is -2.48. The molecular weight excluding hydrogens is 302 g/mol. The van der Waals surface area contributed by atoms with E-state index in [1.165, 1.54) is 19.3 Å². The number of ether oxygens (including phenoxy) is 1. The van der Waals surface area contributed by atoms with Gasteiger partial charge in [-0.05, 0) is 58.6 Å². The lowest BCUT2D eigenvalue weighted by Gasteiger charge is -2.36. The zero-order valence-corrected chi connectivity index (χ0v) is 15.8. The molecule has 4 nitrogen and oxygen atoms in total. The molecule has 24 heavy (non-hydrogen) atoms. The summed E-state index contributed by atoms with van der Waals surface area (Å²) in [5.74, 6) is 1.70. The molecule has 0 amide bonds. The Bertz CT molecular complexity index is 518. The van der Waals surface area contributed by atoms with Crippen molar-refractivity contribution in [3.05, 3.63) is 24.3 Å². The molecule has 1 aliphatic carbocycles. The molecule has 0 radical (unpaired) electrons. The van der Waals surface area contributed by atoms with Gasteiger partial charge in [0.05, 0.1) is 17.4 Å². The molecule has 1 aliphatic rings. The van der Waals surface area contributed by atoms with Crippen LogP contribution in [0.2, 0.25) is 0 Å². The van der Waals surface area contributed by atoms with Crippen LogP contribution in [0.4, 0.5) is 5.69 Å². The summed E-state index contributed by atoms with van der Waals surface area (Å²) in [6, 6.07) is 7.81. The predicted molar refractivity (Wildman–Crippen MR) is 98.2 cm³/mol. The van der Waals surface area contributed by atoms with Gasteiger partial charge in [-0.2, -0.15) is 0 Å². The zero-order valence-electron chi connectivity index (χ0n) is 15.8. The summed E-state index contributed by atoms with van der Waals surface area (Å²) < 4.78 is 6.16. The van der Waals surface area contributed by atoms with Crippen molar-refractivity contribution in [1.29, 1.82) is 0 Å². The van der Waals surface area contributed by atoms with Crippen molar-refractivity contribution in [2.75, 3.05) is 5.48 Å². The van der Waals surface area contributed by atoms with Gasteiger partial charge in [0.15, 0.2) is 0 Å². The smallest absolute Gasteiger partial charge is 0.121 e. The number of hydrogen-bond acceptors (Lipinski definition) is 4. The summed E-state index contributed by atoms with van der Waals surface area (Å²) in [6.07, 6.45) is 6.52. The molecule has 136 valence electrons. The van der Waals surface area contributed by atoms with Crippen molar-refractivity contribution in [3.63, 3.8) is 0 Å². The van der Waals surface area contributed by atoms with Crippen LogP contribution in [-0.4, -0.2) is 22.4 Å². The summed E-state index contributed by atoms with van der Waals surface area (Å²) in [5.41, 5.74) is 2.09. The fraction of sp³-hybridized carbons (Fsp3) is 0.700. The Morgan fingerprint density at radius 2 is 1.96 bits per heavy atom. The van der Waals surface area contributed by atoms with Crippen molar-refractivity contribution < 1.29 is 14.7 Å². The van der Waals surface area contributed by atoms with Crippen LogP contribution in [0.5, 0.6) is 5.75 Å². The predicted octanol–water partition coefficient (Wildman–Crippen LogP) is 4.93. The van der Waals surface area contributed by atoms with Gasteiger partial charge < -0.3 is 9.84 Å². The van der Waals surface area contributed by atoms with Crippen LogP contribution in [-0.2, 0) is 4.84 Å². The minimum Gasteiger partial charge on any atom is -0.490 e. The highest BCUT2D eigenvalue weighted by atomic mass is 16.7. The molecule has 0 saturated heterocycles. The van der Waals surface area contributed by atoms with E-state index >= 15 is 0 Å². The standard InChI is InChI=1S/C20H33NO3/c1-6-17(13-15-9-7-10-15)23-18-12-8-11-16(14-18)21-24-20(4,5)19(2,3)22/h8,11-12,14-15,17,21-22H,6-7,9-10,13H2,1-5H3. The molecule has 1 aromatic rings. The Morgan fingerprint density at radius 3 is 2.50 bits per heavy atom. The Labute approximate surface area is 146 Å². The largest absolute Gasteiger partial charge is 0.490 e. The van der Waals surface area contributed by atoms with E-state index in [2.05, 4.69) is 12.4 Å². The molecule has 2 rings (SSSR count). The van der Waals surface area contributed by atoms with Crippen molar-refractivity contribution >= 4 is 5.69 Å². The van der Waals surface area contributed by atoms with E-state index in [-0.39, 0.29) is 6.10 Å². The first-order valence-electron chi connectivity index (χ1n) is 9.14. The highest BCUT2D eigenvalue weighted by Crippen LogP contribution is 2.33. The van der Waals surface area contributed by atoms with Crippen LogP contribution in [0.15, 0.2) is 24.3 Å². The lowest BCUT2D eigenvalue weighted by molar-refractivity contribution is -0.130. The summed E-state index contributed by atoms with van der Waals surface area (Å²) in [6.45, 7) is 9.36. The second-order valence-corrected chi connectivity index (χ2v) is 7.98. The lowest BCUT2D eigenvalue weighted by atomic mass is 9.81. The van der Waals surface area contributed by atoms with Crippen LogP contribution in [0, 0.1) is 5.92 Å². The number of benzene rings is 1. The Hall–Kier alpha value is -1.26. The van der Waals surface area contributed by atoms with Gasteiger partial charge in [-0.15, -0.1) is 0 Å². The van der Waals surface area contributed by atoms with Crippen LogP contribution in [0.25, 0.3) is 0 Å². The number of anilines is 1. The topological polar surface area (TPSA) is 50.7 Å². The first kappa shape index (κ1) is 19.1. The van der Waals surface area contributed by atoms with E-state index in [9.17, 15) is 5.11 Å². The van der Waals surface area contributed by atoms with E-state index in [0.717, 1.165) is 30.2 Å². The van der Waals surface area contributed by atoms with E-state index in [4.69, 9.17) is 9.57 Å². The number of hydrogen-bond donors (Lipinski definition) is 2. The highest BCUT2D eigenvalue weighted by molar-refractivity contribution is 5.46.